The summed E-state index contributed by atoms with van der Waals surface area (Å²) in [7, 11) is 0. The zero-order chi connectivity index (χ0) is 6.69. The van der Waals surface area contributed by atoms with Crippen LogP contribution in [0.3, 0.4) is 0 Å². The van der Waals surface area contributed by atoms with Crippen molar-refractivity contribution < 1.29 is 0 Å². The summed E-state index contributed by atoms with van der Waals surface area (Å²) >= 11 is 5.87. The highest BCUT2D eigenvalue weighted by molar-refractivity contribution is 6.20. The van der Waals surface area contributed by atoms with Gasteiger partial charge in [0.2, 0.25) is 0 Å². The number of nitrogens with one attached hydrogen (secondary N) is 1. The van der Waals surface area contributed by atoms with Crippen molar-refractivity contribution in [1.82, 2.24) is 5.43 Å². The van der Waals surface area contributed by atoms with Gasteiger partial charge in [0.05, 0.1) is 0 Å². The topological polar surface area (TPSA) is 38.0 Å². The molecule has 0 bridgehead atoms. The average molecular weight is 149 g/mol. The molecule has 1 aliphatic carbocycles. The van der Waals surface area contributed by atoms with Crippen molar-refractivity contribution in [3.8, 4) is 0 Å². The number of alkyl halides is 1. The fourth-order valence-electron chi connectivity index (χ4n) is 1.22. The molecule has 0 heterocycles. The molecule has 54 valence electrons. The van der Waals surface area contributed by atoms with E-state index in [0.29, 0.717) is 11.4 Å². The maximum absolute atomic E-state index is 5.87. The molecule has 3 N–H and O–H groups in total. The summed E-state index contributed by atoms with van der Waals surface area (Å²) < 4.78 is 0. The first kappa shape index (κ1) is 7.32. The van der Waals surface area contributed by atoms with Gasteiger partial charge in [0.15, 0.2) is 0 Å². The van der Waals surface area contributed by atoms with Crippen LogP contribution in [0.2, 0.25) is 0 Å². The first-order valence-corrected chi connectivity index (χ1v) is 3.86. The van der Waals surface area contributed by atoms with E-state index >= 15 is 0 Å². The van der Waals surface area contributed by atoms with Crippen molar-refractivity contribution in [2.75, 3.05) is 0 Å². The summed E-state index contributed by atoms with van der Waals surface area (Å²) in [5.74, 6) is 5.26. The van der Waals surface area contributed by atoms with Crippen LogP contribution >= 0.6 is 11.6 Å². The third-order valence-corrected chi connectivity index (χ3v) is 2.33. The highest BCUT2D eigenvalue weighted by Gasteiger charge is 2.17. The predicted octanol–water partition coefficient (Wildman–Crippen LogP) is 1.000. The average Bonchev–Trinajstić information content (AvgIpc) is 1.90. The Bertz CT molecular complexity index is 79.1. The van der Waals surface area contributed by atoms with Crippen molar-refractivity contribution in [2.24, 2.45) is 5.84 Å². The monoisotopic (exact) mass is 148 g/mol. The van der Waals surface area contributed by atoms with Crippen LogP contribution < -0.4 is 11.3 Å². The lowest BCUT2D eigenvalue weighted by atomic mass is 9.96. The molecular weight excluding hydrogens is 136 g/mol. The van der Waals surface area contributed by atoms with Crippen LogP contribution in [-0.4, -0.2) is 11.4 Å². The highest BCUT2D eigenvalue weighted by atomic mass is 35.5. The predicted molar refractivity (Wildman–Crippen MR) is 39.2 cm³/mol. The fourth-order valence-corrected chi connectivity index (χ4v) is 1.47. The van der Waals surface area contributed by atoms with Crippen LogP contribution in [0.15, 0.2) is 0 Å². The Hall–Kier alpha value is 0.210. The lowest BCUT2D eigenvalue weighted by Gasteiger charge is -2.23. The molecule has 0 aromatic rings. The smallest absolute Gasteiger partial charge is 0.0337 e. The standard InChI is InChI=1S/C6H13ClN2/c7-5-1-3-6(9-8)4-2-5/h5-6,9H,1-4,8H2. The van der Waals surface area contributed by atoms with Crippen molar-refractivity contribution in [1.29, 1.82) is 0 Å². The second-order valence-electron chi connectivity index (χ2n) is 2.62. The summed E-state index contributed by atoms with van der Waals surface area (Å²) in [6.45, 7) is 0. The molecule has 1 rings (SSSR count). The summed E-state index contributed by atoms with van der Waals surface area (Å²) in [4.78, 5) is 0. The Labute approximate surface area is 60.7 Å². The summed E-state index contributed by atoms with van der Waals surface area (Å²) in [6, 6.07) is 0.514. The van der Waals surface area contributed by atoms with Crippen molar-refractivity contribution in [3.63, 3.8) is 0 Å². The number of hydrogen-bond donors (Lipinski definition) is 2. The number of hydrogen-bond acceptors (Lipinski definition) is 2. The van der Waals surface area contributed by atoms with Crippen molar-refractivity contribution in [3.05, 3.63) is 0 Å². The first-order valence-electron chi connectivity index (χ1n) is 3.43. The van der Waals surface area contributed by atoms with Gasteiger partial charge in [0.1, 0.15) is 0 Å². The van der Waals surface area contributed by atoms with Crippen LogP contribution in [0.1, 0.15) is 25.7 Å². The van der Waals surface area contributed by atoms with E-state index in [1.165, 1.54) is 0 Å². The van der Waals surface area contributed by atoms with Gasteiger partial charge in [-0.1, -0.05) is 0 Å². The fraction of sp³-hybridized carbons (Fsp3) is 1.00. The second kappa shape index (κ2) is 3.40. The summed E-state index contributed by atoms with van der Waals surface area (Å²) in [5, 5.41) is 0.398. The molecule has 2 nitrogen and oxygen atoms in total. The van der Waals surface area contributed by atoms with E-state index in [2.05, 4.69) is 5.43 Å². The molecule has 1 saturated carbocycles. The van der Waals surface area contributed by atoms with Gasteiger partial charge in [-0.05, 0) is 25.7 Å². The van der Waals surface area contributed by atoms with Gasteiger partial charge in [-0.2, -0.15) is 0 Å². The minimum Gasteiger partial charge on any atom is -0.271 e. The van der Waals surface area contributed by atoms with Gasteiger partial charge in [0.25, 0.3) is 0 Å². The summed E-state index contributed by atoms with van der Waals surface area (Å²) in [6.07, 6.45) is 4.47. The molecule has 0 atom stereocenters. The van der Waals surface area contributed by atoms with E-state index in [1.54, 1.807) is 0 Å². The third-order valence-electron chi connectivity index (χ3n) is 1.89. The largest absolute Gasteiger partial charge is 0.271 e. The quantitative estimate of drug-likeness (QED) is 0.331. The molecule has 3 heteroatoms. The number of rotatable bonds is 1. The van der Waals surface area contributed by atoms with Gasteiger partial charge in [0, 0.05) is 11.4 Å². The zero-order valence-electron chi connectivity index (χ0n) is 5.44. The Kier molecular flexibility index (Phi) is 2.76. The molecule has 1 fully saturated rings. The van der Waals surface area contributed by atoms with Gasteiger partial charge >= 0.3 is 0 Å². The van der Waals surface area contributed by atoms with E-state index in [9.17, 15) is 0 Å². The number of nitrogens with two attached hydrogens (primary N) is 1. The van der Waals surface area contributed by atoms with Crippen molar-refractivity contribution >= 4 is 11.6 Å². The van der Waals surface area contributed by atoms with E-state index in [0.717, 1.165) is 25.7 Å². The Morgan fingerprint density at radius 1 is 1.22 bits per heavy atom. The molecular formula is C6H13ClN2. The molecule has 0 amide bonds. The van der Waals surface area contributed by atoms with Crippen LogP contribution in [-0.2, 0) is 0 Å². The normalized spacial score (nSPS) is 36.7. The number of hydrazine groups is 1. The minimum absolute atomic E-state index is 0.398. The Balaban J connectivity index is 2.18. The van der Waals surface area contributed by atoms with E-state index in [-0.39, 0.29) is 0 Å². The van der Waals surface area contributed by atoms with E-state index in [4.69, 9.17) is 17.4 Å². The molecule has 0 unspecified atom stereocenters. The van der Waals surface area contributed by atoms with Crippen LogP contribution in [0, 0.1) is 0 Å². The van der Waals surface area contributed by atoms with Crippen molar-refractivity contribution in [2.45, 2.75) is 37.1 Å². The van der Waals surface area contributed by atoms with Gasteiger partial charge in [-0.3, -0.25) is 11.3 Å². The molecule has 0 spiro atoms. The number of halogens is 1. The minimum atomic E-state index is 0.398. The third kappa shape index (κ3) is 2.12. The molecule has 0 aromatic heterocycles. The van der Waals surface area contributed by atoms with Gasteiger partial charge in [-0.25, -0.2) is 0 Å². The van der Waals surface area contributed by atoms with E-state index < -0.39 is 0 Å². The molecule has 9 heavy (non-hydrogen) atoms. The Morgan fingerprint density at radius 2 is 1.78 bits per heavy atom. The van der Waals surface area contributed by atoms with Gasteiger partial charge < -0.3 is 0 Å². The maximum atomic E-state index is 5.87. The molecule has 0 aliphatic heterocycles. The van der Waals surface area contributed by atoms with Crippen LogP contribution in [0.5, 0.6) is 0 Å². The molecule has 0 aromatic carbocycles. The Morgan fingerprint density at radius 3 is 2.22 bits per heavy atom. The molecule has 1 aliphatic rings. The lowest BCUT2D eigenvalue weighted by molar-refractivity contribution is 0.383. The van der Waals surface area contributed by atoms with Crippen LogP contribution in [0.25, 0.3) is 0 Å². The van der Waals surface area contributed by atoms with Crippen LogP contribution in [0.4, 0.5) is 0 Å². The SMILES string of the molecule is NNC1CCC(Cl)CC1. The zero-order valence-corrected chi connectivity index (χ0v) is 6.19. The molecule has 0 radical (unpaired) electrons. The highest BCUT2D eigenvalue weighted by Crippen LogP contribution is 2.21. The van der Waals surface area contributed by atoms with Gasteiger partial charge in [-0.15, -0.1) is 11.6 Å². The maximum Gasteiger partial charge on any atom is 0.0337 e. The molecule has 0 saturated heterocycles. The lowest BCUT2D eigenvalue weighted by Crippen LogP contribution is -2.38. The summed E-state index contributed by atoms with van der Waals surface area (Å²) in [5.41, 5.74) is 2.77. The van der Waals surface area contributed by atoms with E-state index in [1.807, 2.05) is 0 Å². The first-order chi connectivity index (χ1) is 4.33. The second-order valence-corrected chi connectivity index (χ2v) is 3.23.